The van der Waals surface area contributed by atoms with E-state index >= 15 is 0 Å². The average molecular weight is 460 g/mol. The summed E-state index contributed by atoms with van der Waals surface area (Å²) < 4.78 is 12.3. The third-order valence-corrected chi connectivity index (χ3v) is 4.06. The molecule has 128 valence electrons. The third kappa shape index (κ3) is 5.01. The van der Waals surface area contributed by atoms with Gasteiger partial charge in [0.2, 0.25) is 0 Å². The molecule has 0 aliphatic carbocycles. The summed E-state index contributed by atoms with van der Waals surface area (Å²) in [6.07, 6.45) is 0.858. The molecule has 1 N–H and O–H groups in total. The Hall–Kier alpha value is -1.47. The molecule has 2 rings (SSSR count). The highest BCUT2D eigenvalue weighted by atomic mass is 127. The maximum Gasteiger partial charge on any atom is 0.255 e. The topological polar surface area (TPSA) is 47.6 Å². The van der Waals surface area contributed by atoms with Crippen LogP contribution in [0, 0.1) is 3.57 Å². The Balaban J connectivity index is 2.27. The number of benzene rings is 2. The van der Waals surface area contributed by atoms with Crippen molar-refractivity contribution in [3.05, 3.63) is 50.6 Å². The fourth-order valence-electron chi connectivity index (χ4n) is 2.08. The Kier molecular flexibility index (Phi) is 7.17. The lowest BCUT2D eigenvalue weighted by Gasteiger charge is -2.15. The Morgan fingerprint density at radius 1 is 1.21 bits per heavy atom. The number of hydrogen-bond donors (Lipinski definition) is 1. The van der Waals surface area contributed by atoms with Crippen molar-refractivity contribution in [2.24, 2.45) is 0 Å². The van der Waals surface area contributed by atoms with Gasteiger partial charge in [0.1, 0.15) is 0 Å². The SMILES string of the molecule is CCCOc1c(Cl)cc(C(=O)Nc2cccc(I)c2)cc1OCC. The quantitative estimate of drug-likeness (QED) is 0.565. The van der Waals surface area contributed by atoms with Crippen LogP contribution in [0.25, 0.3) is 0 Å². The highest BCUT2D eigenvalue weighted by Crippen LogP contribution is 2.37. The third-order valence-electron chi connectivity index (χ3n) is 3.10. The molecular formula is C18H19ClINO3. The van der Waals surface area contributed by atoms with Crippen molar-refractivity contribution < 1.29 is 14.3 Å². The minimum Gasteiger partial charge on any atom is -0.490 e. The molecule has 2 aromatic rings. The number of carbonyl (C=O) groups is 1. The molecule has 0 spiro atoms. The Labute approximate surface area is 160 Å². The summed E-state index contributed by atoms with van der Waals surface area (Å²) in [4.78, 5) is 12.5. The molecule has 0 atom stereocenters. The summed E-state index contributed by atoms with van der Waals surface area (Å²) in [5, 5.41) is 3.22. The van der Waals surface area contributed by atoms with Gasteiger partial charge < -0.3 is 14.8 Å². The summed E-state index contributed by atoms with van der Waals surface area (Å²) >= 11 is 8.49. The molecule has 0 radical (unpaired) electrons. The van der Waals surface area contributed by atoms with E-state index in [0.717, 1.165) is 15.7 Å². The van der Waals surface area contributed by atoms with Gasteiger partial charge in [-0.2, -0.15) is 0 Å². The first-order valence-corrected chi connectivity index (χ1v) is 9.16. The summed E-state index contributed by atoms with van der Waals surface area (Å²) in [5.41, 5.74) is 1.15. The first-order valence-electron chi connectivity index (χ1n) is 7.71. The molecule has 0 aliphatic heterocycles. The zero-order valence-corrected chi connectivity index (χ0v) is 16.5. The number of nitrogens with one attached hydrogen (secondary N) is 1. The number of carbonyl (C=O) groups excluding carboxylic acids is 1. The average Bonchev–Trinajstić information content (AvgIpc) is 2.54. The monoisotopic (exact) mass is 459 g/mol. The van der Waals surface area contributed by atoms with E-state index in [9.17, 15) is 4.79 Å². The maximum absolute atomic E-state index is 12.5. The van der Waals surface area contributed by atoms with E-state index in [1.165, 1.54) is 0 Å². The number of amides is 1. The summed E-state index contributed by atoms with van der Waals surface area (Å²) in [6.45, 7) is 4.88. The molecule has 0 bridgehead atoms. The molecule has 0 unspecified atom stereocenters. The van der Waals surface area contributed by atoms with E-state index in [1.54, 1.807) is 12.1 Å². The van der Waals surface area contributed by atoms with Crippen molar-refractivity contribution in [2.75, 3.05) is 18.5 Å². The van der Waals surface area contributed by atoms with E-state index in [-0.39, 0.29) is 5.91 Å². The van der Waals surface area contributed by atoms with E-state index in [4.69, 9.17) is 21.1 Å². The summed E-state index contributed by atoms with van der Waals surface area (Å²) in [6, 6.07) is 10.8. The smallest absolute Gasteiger partial charge is 0.255 e. The van der Waals surface area contributed by atoms with Crippen LogP contribution >= 0.6 is 34.2 Å². The number of halogens is 2. The number of ether oxygens (including phenoxy) is 2. The number of rotatable bonds is 7. The van der Waals surface area contributed by atoms with Gasteiger partial charge in [0, 0.05) is 14.8 Å². The van der Waals surface area contributed by atoms with Gasteiger partial charge in [-0.15, -0.1) is 0 Å². The van der Waals surface area contributed by atoms with Gasteiger partial charge in [-0.05, 0) is 66.3 Å². The zero-order valence-electron chi connectivity index (χ0n) is 13.6. The van der Waals surface area contributed by atoms with Crippen molar-refractivity contribution in [3.63, 3.8) is 0 Å². The van der Waals surface area contributed by atoms with Gasteiger partial charge in [-0.1, -0.05) is 24.6 Å². The molecule has 4 nitrogen and oxygen atoms in total. The highest BCUT2D eigenvalue weighted by Gasteiger charge is 2.16. The first-order chi connectivity index (χ1) is 11.5. The van der Waals surface area contributed by atoms with Crippen LogP contribution in [0.15, 0.2) is 36.4 Å². The molecular weight excluding hydrogens is 441 g/mol. The van der Waals surface area contributed by atoms with Crippen molar-refractivity contribution >= 4 is 45.8 Å². The van der Waals surface area contributed by atoms with Crippen LogP contribution in [0.2, 0.25) is 5.02 Å². The first kappa shape index (κ1) is 18.9. The fourth-order valence-corrected chi connectivity index (χ4v) is 2.88. The second-order valence-corrected chi connectivity index (χ2v) is 6.68. The molecule has 0 saturated heterocycles. The van der Waals surface area contributed by atoms with Gasteiger partial charge in [0.15, 0.2) is 11.5 Å². The molecule has 1 amide bonds. The minimum atomic E-state index is -0.248. The van der Waals surface area contributed by atoms with E-state index in [1.807, 2.05) is 38.1 Å². The second-order valence-electron chi connectivity index (χ2n) is 5.03. The number of hydrogen-bond acceptors (Lipinski definition) is 3. The van der Waals surface area contributed by atoms with Crippen molar-refractivity contribution in [1.29, 1.82) is 0 Å². The van der Waals surface area contributed by atoms with Crippen molar-refractivity contribution in [1.82, 2.24) is 0 Å². The van der Waals surface area contributed by atoms with Crippen molar-refractivity contribution in [3.8, 4) is 11.5 Å². The molecule has 0 aliphatic rings. The summed E-state index contributed by atoms with van der Waals surface area (Å²) in [5.74, 6) is 0.708. The van der Waals surface area contributed by atoms with Crippen LogP contribution in [0.5, 0.6) is 11.5 Å². The lowest BCUT2D eigenvalue weighted by atomic mass is 10.1. The standard InChI is InChI=1S/C18H19ClINO3/c1-3-8-24-17-15(19)9-12(10-16(17)23-4-2)18(22)21-14-7-5-6-13(20)11-14/h5-7,9-11H,3-4,8H2,1-2H3,(H,21,22). The lowest BCUT2D eigenvalue weighted by Crippen LogP contribution is -2.13. The largest absolute Gasteiger partial charge is 0.490 e. The van der Waals surface area contributed by atoms with E-state index < -0.39 is 0 Å². The van der Waals surface area contributed by atoms with Crippen LogP contribution in [-0.2, 0) is 0 Å². The Bertz CT molecular complexity index is 721. The predicted molar refractivity (Wildman–Crippen MR) is 106 cm³/mol. The molecule has 6 heteroatoms. The van der Waals surface area contributed by atoms with Gasteiger partial charge >= 0.3 is 0 Å². The van der Waals surface area contributed by atoms with Gasteiger partial charge in [0.25, 0.3) is 5.91 Å². The zero-order chi connectivity index (χ0) is 17.5. The fraction of sp³-hybridized carbons (Fsp3) is 0.278. The minimum absolute atomic E-state index is 0.248. The van der Waals surface area contributed by atoms with Crippen LogP contribution in [0.4, 0.5) is 5.69 Å². The van der Waals surface area contributed by atoms with Gasteiger partial charge in [-0.3, -0.25) is 4.79 Å². The molecule has 24 heavy (non-hydrogen) atoms. The lowest BCUT2D eigenvalue weighted by molar-refractivity contribution is 0.102. The molecule has 0 aromatic heterocycles. The Morgan fingerprint density at radius 3 is 2.67 bits per heavy atom. The van der Waals surface area contributed by atoms with Crippen LogP contribution < -0.4 is 14.8 Å². The summed E-state index contributed by atoms with van der Waals surface area (Å²) in [7, 11) is 0. The molecule has 0 saturated carbocycles. The normalized spacial score (nSPS) is 10.3. The number of anilines is 1. The van der Waals surface area contributed by atoms with Gasteiger partial charge in [-0.25, -0.2) is 0 Å². The molecule has 0 heterocycles. The molecule has 2 aromatic carbocycles. The van der Waals surface area contributed by atoms with Crippen LogP contribution in [0.1, 0.15) is 30.6 Å². The second kappa shape index (κ2) is 9.13. The maximum atomic E-state index is 12.5. The Morgan fingerprint density at radius 2 is 2.00 bits per heavy atom. The highest BCUT2D eigenvalue weighted by molar-refractivity contribution is 14.1. The van der Waals surface area contributed by atoms with E-state index in [2.05, 4.69) is 27.9 Å². The van der Waals surface area contributed by atoms with Gasteiger partial charge in [0.05, 0.1) is 18.2 Å². The van der Waals surface area contributed by atoms with Crippen molar-refractivity contribution in [2.45, 2.75) is 20.3 Å². The van der Waals surface area contributed by atoms with Crippen LogP contribution in [0.3, 0.4) is 0 Å². The molecule has 0 fully saturated rings. The van der Waals surface area contributed by atoms with E-state index in [0.29, 0.717) is 35.3 Å². The predicted octanol–water partition coefficient (Wildman–Crippen LogP) is 5.38. The van der Waals surface area contributed by atoms with Crippen LogP contribution in [-0.4, -0.2) is 19.1 Å².